The summed E-state index contributed by atoms with van der Waals surface area (Å²) in [6.45, 7) is 3.42. The molecule has 0 unspecified atom stereocenters. The molecular weight excluding hydrogens is 522 g/mol. The molecule has 2 atom stereocenters. The molecule has 0 aromatic heterocycles. The first-order chi connectivity index (χ1) is 20.3. The summed E-state index contributed by atoms with van der Waals surface area (Å²) in [5.41, 5.74) is 4.10. The lowest BCUT2D eigenvalue weighted by Gasteiger charge is -2.24. The number of hydrogen-bond donors (Lipinski definition) is 1. The molecule has 0 saturated carbocycles. The van der Waals surface area contributed by atoms with E-state index in [0.29, 0.717) is 6.42 Å². The van der Waals surface area contributed by atoms with Gasteiger partial charge in [0.1, 0.15) is 6.04 Å². The number of carbonyl (C=O) groups is 3. The van der Waals surface area contributed by atoms with Gasteiger partial charge in [-0.3, -0.25) is 14.4 Å². The van der Waals surface area contributed by atoms with Gasteiger partial charge in [-0.25, -0.2) is 0 Å². The van der Waals surface area contributed by atoms with E-state index in [2.05, 4.69) is 17.4 Å². The Bertz CT molecular complexity index is 1400. The van der Waals surface area contributed by atoms with Crippen molar-refractivity contribution in [2.45, 2.75) is 39.2 Å². The smallest absolute Gasteiger partial charge is 0.249 e. The highest BCUT2D eigenvalue weighted by atomic mass is 16.2. The molecule has 3 amide bonds. The van der Waals surface area contributed by atoms with Gasteiger partial charge in [-0.15, -0.1) is 0 Å². The highest BCUT2D eigenvalue weighted by molar-refractivity contribution is 5.98. The van der Waals surface area contributed by atoms with Crippen LogP contribution in [-0.2, 0) is 27.2 Å². The summed E-state index contributed by atoms with van der Waals surface area (Å²) in [5, 5.41) is 2.77. The zero-order valence-corrected chi connectivity index (χ0v) is 24.9. The monoisotopic (exact) mass is 569 g/mol. The van der Waals surface area contributed by atoms with Crippen molar-refractivity contribution in [1.82, 2.24) is 5.32 Å². The molecular formula is C36H47N3O3. The van der Waals surface area contributed by atoms with Crippen LogP contribution in [0.1, 0.15) is 35.7 Å². The molecule has 0 bridgehead atoms. The van der Waals surface area contributed by atoms with Gasteiger partial charge in [0, 0.05) is 42.6 Å². The Morgan fingerprint density at radius 1 is 0.643 bits per heavy atom. The second-order valence-electron chi connectivity index (χ2n) is 10.3. The Balaban J connectivity index is 0.000000818. The molecule has 42 heavy (non-hydrogen) atoms. The number of nitrogens with one attached hydrogen (secondary N) is 1. The second kappa shape index (κ2) is 16.5. The topological polar surface area (TPSA) is 69.7 Å². The third-order valence-electron chi connectivity index (χ3n) is 6.99. The van der Waals surface area contributed by atoms with Gasteiger partial charge in [0.2, 0.25) is 17.7 Å². The van der Waals surface area contributed by atoms with Gasteiger partial charge in [-0.1, -0.05) is 104 Å². The first-order valence-corrected chi connectivity index (χ1v) is 14.3. The summed E-state index contributed by atoms with van der Waals surface area (Å²) in [7, 11) is 3.56. The maximum absolute atomic E-state index is 12.7. The van der Waals surface area contributed by atoms with E-state index in [9.17, 15) is 14.4 Å². The van der Waals surface area contributed by atoms with Gasteiger partial charge in [0.15, 0.2) is 0 Å². The Hall–Kier alpha value is -4.71. The number of likely N-dealkylation sites (N-methyl/N-ethyl adjacent to an activating group) is 1. The summed E-state index contributed by atoms with van der Waals surface area (Å²) in [5.74, 6) is -0.178. The normalized spacial score (nSPS) is 11.7. The third kappa shape index (κ3) is 10.0. The Labute approximate surface area is 254 Å². The van der Waals surface area contributed by atoms with Crippen molar-refractivity contribution in [3.8, 4) is 0 Å². The Morgan fingerprint density at radius 3 is 1.50 bits per heavy atom. The van der Waals surface area contributed by atoms with Gasteiger partial charge < -0.3 is 15.1 Å². The van der Waals surface area contributed by atoms with Crippen molar-refractivity contribution in [3.05, 3.63) is 132 Å². The number of benzene rings is 4. The van der Waals surface area contributed by atoms with Crippen LogP contribution in [0.25, 0.3) is 0 Å². The van der Waals surface area contributed by atoms with Gasteiger partial charge in [0.25, 0.3) is 0 Å². The Morgan fingerprint density at radius 2 is 1.05 bits per heavy atom. The first-order valence-electron chi connectivity index (χ1n) is 14.3. The number of amides is 3. The van der Waals surface area contributed by atoms with Crippen LogP contribution in [-0.4, -0.2) is 37.9 Å². The van der Waals surface area contributed by atoms with Crippen LogP contribution >= 0.6 is 0 Å². The fourth-order valence-electron chi connectivity index (χ4n) is 4.64. The van der Waals surface area contributed by atoms with Crippen molar-refractivity contribution in [1.29, 1.82) is 0 Å². The van der Waals surface area contributed by atoms with E-state index in [0.717, 1.165) is 29.8 Å². The molecule has 0 fully saturated rings. The van der Waals surface area contributed by atoms with Gasteiger partial charge >= 0.3 is 0 Å². The van der Waals surface area contributed by atoms with E-state index in [1.165, 1.54) is 12.5 Å². The lowest BCUT2D eigenvalue weighted by molar-refractivity contribution is -0.126. The number of carbonyl (C=O) groups excluding carboxylic acids is 3. The van der Waals surface area contributed by atoms with E-state index in [1.807, 2.05) is 123 Å². The quantitative estimate of drug-likeness (QED) is 0.222. The number of nitrogens with zero attached hydrogens (tertiary/aromatic N) is 2. The SMILES string of the molecule is CC(=O)N[C@@H](CCc1ccccc1)C(=O)N(C)c1ccccc1.C[C@@H](Cc1ccccc1)C(=O)N(C)c1ccccc1.[HH].[HH].[HH]. The largest absolute Gasteiger partial charge is 0.345 e. The standard InChI is InChI=1S/C19H22N2O2.C17H19NO.3H2/c1-15(22)20-18(14-13-16-9-5-3-6-10-16)19(23)21(2)17-11-7-4-8-12-17;1-14(13-15-9-5-3-6-10-15)17(19)18(2)16-11-7-4-8-12-16;;;/h3-12,18H,13-14H2,1-2H3,(H,20,22);3-12,14H,13H2,1-2H3;3*1H/t18-;14-;;;/m00.../s1. The molecule has 4 rings (SSSR count). The molecule has 6 heteroatoms. The van der Waals surface area contributed by atoms with Gasteiger partial charge in [-0.05, 0) is 54.7 Å². The van der Waals surface area contributed by atoms with Crippen molar-refractivity contribution in [3.63, 3.8) is 0 Å². The minimum atomic E-state index is -0.530. The number of anilines is 2. The maximum Gasteiger partial charge on any atom is 0.249 e. The third-order valence-corrected chi connectivity index (χ3v) is 6.99. The van der Waals surface area contributed by atoms with Gasteiger partial charge in [-0.2, -0.15) is 0 Å². The molecule has 4 aromatic carbocycles. The van der Waals surface area contributed by atoms with Crippen LogP contribution in [0, 0.1) is 5.92 Å². The summed E-state index contributed by atoms with van der Waals surface area (Å²) in [4.78, 5) is 39.9. The molecule has 0 radical (unpaired) electrons. The molecule has 0 spiro atoms. The van der Waals surface area contributed by atoms with Crippen molar-refractivity contribution in [2.75, 3.05) is 23.9 Å². The van der Waals surface area contributed by atoms with Crippen LogP contribution < -0.4 is 15.1 Å². The zero-order valence-electron chi connectivity index (χ0n) is 24.9. The maximum atomic E-state index is 12.7. The average Bonchev–Trinajstić information content (AvgIpc) is 3.03. The number of aryl methyl sites for hydroxylation is 1. The summed E-state index contributed by atoms with van der Waals surface area (Å²) in [6, 6.07) is 38.7. The van der Waals surface area contributed by atoms with E-state index >= 15 is 0 Å². The lowest BCUT2D eigenvalue weighted by Crippen LogP contribution is -2.47. The van der Waals surface area contributed by atoms with Crippen molar-refractivity contribution >= 4 is 29.1 Å². The van der Waals surface area contributed by atoms with Crippen LogP contribution in [0.15, 0.2) is 121 Å². The van der Waals surface area contributed by atoms with E-state index in [-0.39, 0.29) is 27.9 Å². The van der Waals surface area contributed by atoms with Crippen LogP contribution in [0.5, 0.6) is 0 Å². The zero-order chi connectivity index (χ0) is 30.3. The predicted octanol–water partition coefficient (Wildman–Crippen LogP) is 7.05. The highest BCUT2D eigenvalue weighted by Gasteiger charge is 2.23. The number of rotatable bonds is 10. The fraction of sp³-hybridized carbons (Fsp3) is 0.250. The van der Waals surface area contributed by atoms with Gasteiger partial charge in [0.05, 0.1) is 0 Å². The highest BCUT2D eigenvalue weighted by Crippen LogP contribution is 2.17. The number of hydrogen-bond acceptors (Lipinski definition) is 3. The molecule has 0 aliphatic rings. The summed E-state index contributed by atoms with van der Waals surface area (Å²) >= 11 is 0. The van der Waals surface area contributed by atoms with E-state index in [1.54, 1.807) is 16.8 Å². The molecule has 0 heterocycles. The number of para-hydroxylation sites is 2. The molecule has 6 nitrogen and oxygen atoms in total. The molecule has 224 valence electrons. The Kier molecular flexibility index (Phi) is 12.5. The lowest BCUT2D eigenvalue weighted by atomic mass is 10.00. The fourth-order valence-corrected chi connectivity index (χ4v) is 4.64. The van der Waals surface area contributed by atoms with Crippen LogP contribution in [0.3, 0.4) is 0 Å². The first kappa shape index (κ1) is 31.8. The molecule has 0 saturated heterocycles. The van der Waals surface area contributed by atoms with Crippen LogP contribution in [0.2, 0.25) is 0 Å². The van der Waals surface area contributed by atoms with Crippen molar-refractivity contribution in [2.24, 2.45) is 5.92 Å². The average molecular weight is 570 g/mol. The summed E-state index contributed by atoms with van der Waals surface area (Å²) < 4.78 is 0. The molecule has 0 aliphatic heterocycles. The second-order valence-corrected chi connectivity index (χ2v) is 10.3. The van der Waals surface area contributed by atoms with E-state index in [4.69, 9.17) is 0 Å². The molecule has 0 aliphatic carbocycles. The van der Waals surface area contributed by atoms with Crippen LogP contribution in [0.4, 0.5) is 11.4 Å². The molecule has 4 aromatic rings. The minimum absolute atomic E-state index is 0. The molecule has 1 N–H and O–H groups in total. The van der Waals surface area contributed by atoms with E-state index < -0.39 is 6.04 Å². The summed E-state index contributed by atoms with van der Waals surface area (Å²) in [6.07, 6.45) is 2.08. The minimum Gasteiger partial charge on any atom is -0.345 e. The van der Waals surface area contributed by atoms with Crippen molar-refractivity contribution < 1.29 is 18.7 Å². The predicted molar refractivity (Wildman–Crippen MR) is 178 cm³/mol.